The average Bonchev–Trinajstić information content (AvgIpc) is 2.67. The molecule has 82 valence electrons. The van der Waals surface area contributed by atoms with Gasteiger partial charge in [0.15, 0.2) is 0 Å². The van der Waals surface area contributed by atoms with Gasteiger partial charge in [0, 0.05) is 14.5 Å². The molecule has 0 aliphatic rings. The lowest BCUT2D eigenvalue weighted by atomic mass is 10.1. The molecule has 0 bridgehead atoms. The number of hydrogen-bond donors (Lipinski definition) is 0. The second kappa shape index (κ2) is 4.82. The monoisotopic (exact) mass is 358 g/mol. The van der Waals surface area contributed by atoms with Crippen LogP contribution < -0.4 is 0 Å². The SMILES string of the molecule is Cc1ccc(Br)c(C(=O)c2sccc2Br)c1. The van der Waals surface area contributed by atoms with Gasteiger partial charge >= 0.3 is 0 Å². The molecule has 0 radical (unpaired) electrons. The maximum atomic E-state index is 12.3. The molecule has 0 spiro atoms. The van der Waals surface area contributed by atoms with Crippen molar-refractivity contribution in [2.45, 2.75) is 6.92 Å². The molecule has 0 saturated carbocycles. The summed E-state index contributed by atoms with van der Waals surface area (Å²) >= 11 is 8.24. The van der Waals surface area contributed by atoms with Crippen molar-refractivity contribution in [1.29, 1.82) is 0 Å². The zero-order valence-electron chi connectivity index (χ0n) is 8.46. The number of thiophene rings is 1. The summed E-state index contributed by atoms with van der Waals surface area (Å²) in [7, 11) is 0. The van der Waals surface area contributed by atoms with Crippen molar-refractivity contribution < 1.29 is 4.79 Å². The molecule has 1 aromatic carbocycles. The molecule has 4 heteroatoms. The van der Waals surface area contributed by atoms with Crippen molar-refractivity contribution in [3.8, 4) is 0 Å². The smallest absolute Gasteiger partial charge is 0.205 e. The quantitative estimate of drug-likeness (QED) is 0.703. The van der Waals surface area contributed by atoms with Crippen molar-refractivity contribution in [2.24, 2.45) is 0 Å². The summed E-state index contributed by atoms with van der Waals surface area (Å²) in [6.07, 6.45) is 0. The molecule has 0 aliphatic heterocycles. The van der Waals surface area contributed by atoms with Gasteiger partial charge in [0.05, 0.1) is 4.88 Å². The highest BCUT2D eigenvalue weighted by atomic mass is 79.9. The molecule has 0 atom stereocenters. The summed E-state index contributed by atoms with van der Waals surface area (Å²) in [4.78, 5) is 13.0. The highest BCUT2D eigenvalue weighted by Gasteiger charge is 2.16. The molecule has 16 heavy (non-hydrogen) atoms. The van der Waals surface area contributed by atoms with Crippen molar-refractivity contribution in [3.63, 3.8) is 0 Å². The van der Waals surface area contributed by atoms with E-state index in [4.69, 9.17) is 0 Å². The van der Waals surface area contributed by atoms with E-state index < -0.39 is 0 Å². The number of ketones is 1. The van der Waals surface area contributed by atoms with Gasteiger partial charge in [-0.2, -0.15) is 0 Å². The first kappa shape index (κ1) is 12.0. The highest BCUT2D eigenvalue weighted by Crippen LogP contribution is 2.28. The molecule has 0 unspecified atom stereocenters. The first-order valence-corrected chi connectivity index (χ1v) is 7.10. The summed E-state index contributed by atoms with van der Waals surface area (Å²) in [6, 6.07) is 7.68. The van der Waals surface area contributed by atoms with E-state index in [-0.39, 0.29) is 5.78 Å². The largest absolute Gasteiger partial charge is 0.288 e. The molecule has 1 aromatic heterocycles. The van der Waals surface area contributed by atoms with Crippen LogP contribution in [0.5, 0.6) is 0 Å². The third-order valence-electron chi connectivity index (χ3n) is 2.19. The van der Waals surface area contributed by atoms with Gasteiger partial charge in [0.1, 0.15) is 0 Å². The fourth-order valence-corrected chi connectivity index (χ4v) is 3.32. The summed E-state index contributed by atoms with van der Waals surface area (Å²) in [5.74, 6) is 0.0532. The Kier molecular flexibility index (Phi) is 3.62. The van der Waals surface area contributed by atoms with Gasteiger partial charge in [-0.05, 0) is 46.4 Å². The Labute approximate surface area is 115 Å². The van der Waals surface area contributed by atoms with Crippen LogP contribution >= 0.6 is 43.2 Å². The van der Waals surface area contributed by atoms with E-state index in [2.05, 4.69) is 31.9 Å². The van der Waals surface area contributed by atoms with Crippen LogP contribution in [0.1, 0.15) is 20.8 Å². The number of carbonyl (C=O) groups is 1. The molecule has 2 aromatic rings. The first-order valence-electron chi connectivity index (χ1n) is 4.63. The normalized spacial score (nSPS) is 10.4. The summed E-state index contributed by atoms with van der Waals surface area (Å²) in [5.41, 5.74) is 1.79. The summed E-state index contributed by atoms with van der Waals surface area (Å²) in [5, 5.41) is 1.90. The van der Waals surface area contributed by atoms with Gasteiger partial charge in [0.25, 0.3) is 0 Å². The minimum absolute atomic E-state index is 0.0532. The van der Waals surface area contributed by atoms with Gasteiger partial charge in [-0.25, -0.2) is 0 Å². The van der Waals surface area contributed by atoms with Gasteiger partial charge in [-0.15, -0.1) is 11.3 Å². The molecule has 0 aliphatic carbocycles. The van der Waals surface area contributed by atoms with Crippen molar-refractivity contribution in [1.82, 2.24) is 0 Å². The van der Waals surface area contributed by atoms with E-state index >= 15 is 0 Å². The van der Waals surface area contributed by atoms with E-state index in [1.807, 2.05) is 36.6 Å². The Morgan fingerprint density at radius 1 is 1.19 bits per heavy atom. The van der Waals surface area contributed by atoms with Crippen LogP contribution in [0.2, 0.25) is 0 Å². The first-order chi connectivity index (χ1) is 7.59. The second-order valence-electron chi connectivity index (χ2n) is 3.41. The van der Waals surface area contributed by atoms with E-state index in [9.17, 15) is 4.79 Å². The molecular formula is C12H8Br2OS. The molecule has 0 fully saturated rings. The minimum Gasteiger partial charge on any atom is -0.288 e. The number of rotatable bonds is 2. The number of aryl methyl sites for hydroxylation is 1. The number of benzene rings is 1. The van der Waals surface area contributed by atoms with Crippen molar-refractivity contribution >= 4 is 49.0 Å². The topological polar surface area (TPSA) is 17.1 Å². The average molecular weight is 360 g/mol. The number of carbonyl (C=O) groups excluding carboxylic acids is 1. The number of hydrogen-bond acceptors (Lipinski definition) is 2. The third-order valence-corrected chi connectivity index (χ3v) is 4.72. The van der Waals surface area contributed by atoms with Crippen molar-refractivity contribution in [2.75, 3.05) is 0 Å². The zero-order chi connectivity index (χ0) is 11.7. The maximum Gasteiger partial charge on any atom is 0.205 e. The second-order valence-corrected chi connectivity index (χ2v) is 6.03. The zero-order valence-corrected chi connectivity index (χ0v) is 12.4. The van der Waals surface area contributed by atoms with Crippen molar-refractivity contribution in [3.05, 3.63) is 54.6 Å². The molecule has 0 N–H and O–H groups in total. The van der Waals surface area contributed by atoms with E-state index in [1.165, 1.54) is 11.3 Å². The van der Waals surface area contributed by atoms with Crippen LogP contribution in [0.4, 0.5) is 0 Å². The molecule has 0 amide bonds. The Morgan fingerprint density at radius 3 is 2.56 bits per heavy atom. The van der Waals surface area contributed by atoms with E-state index in [0.29, 0.717) is 5.56 Å². The fourth-order valence-electron chi connectivity index (χ4n) is 1.39. The fraction of sp³-hybridized carbons (Fsp3) is 0.0833. The van der Waals surface area contributed by atoms with Gasteiger partial charge in [0.2, 0.25) is 5.78 Å². The van der Waals surface area contributed by atoms with E-state index in [1.54, 1.807) is 0 Å². The van der Waals surface area contributed by atoms with Crippen LogP contribution in [-0.2, 0) is 0 Å². The molecular weight excluding hydrogens is 352 g/mol. The summed E-state index contributed by atoms with van der Waals surface area (Å²) < 4.78 is 1.69. The van der Waals surface area contributed by atoms with Crippen LogP contribution in [0.15, 0.2) is 38.6 Å². The molecule has 1 nitrogen and oxygen atoms in total. The maximum absolute atomic E-state index is 12.3. The number of halogens is 2. The van der Waals surface area contributed by atoms with Crippen LogP contribution in [0.3, 0.4) is 0 Å². The predicted molar refractivity (Wildman–Crippen MR) is 74.3 cm³/mol. The summed E-state index contributed by atoms with van der Waals surface area (Å²) in [6.45, 7) is 1.98. The third kappa shape index (κ3) is 2.29. The van der Waals surface area contributed by atoms with Gasteiger partial charge < -0.3 is 0 Å². The lowest BCUT2D eigenvalue weighted by Crippen LogP contribution is -2.01. The Balaban J connectivity index is 2.49. The van der Waals surface area contributed by atoms with E-state index in [0.717, 1.165) is 19.4 Å². The Morgan fingerprint density at radius 2 is 1.94 bits per heavy atom. The molecule has 2 rings (SSSR count). The predicted octanol–water partition coefficient (Wildman–Crippen LogP) is 4.81. The van der Waals surface area contributed by atoms with Crippen LogP contribution in [0.25, 0.3) is 0 Å². The van der Waals surface area contributed by atoms with Gasteiger partial charge in [-0.1, -0.05) is 27.6 Å². The van der Waals surface area contributed by atoms with Gasteiger partial charge in [-0.3, -0.25) is 4.79 Å². The lowest BCUT2D eigenvalue weighted by Gasteiger charge is -2.04. The van der Waals surface area contributed by atoms with Crippen LogP contribution in [-0.4, -0.2) is 5.78 Å². The van der Waals surface area contributed by atoms with Crippen LogP contribution in [0, 0.1) is 6.92 Å². The Hall–Kier alpha value is -0.450. The minimum atomic E-state index is 0.0532. The lowest BCUT2D eigenvalue weighted by molar-refractivity contribution is 0.104. The molecule has 0 saturated heterocycles. The Bertz CT molecular complexity index is 546. The molecule has 1 heterocycles. The highest BCUT2D eigenvalue weighted by molar-refractivity contribution is 9.11. The standard InChI is InChI=1S/C12H8Br2OS/c1-7-2-3-9(13)8(6-7)11(15)12-10(14)4-5-16-12/h2-6H,1H3.